The minimum absolute atomic E-state index is 0.0202. The molecule has 2 aromatic heterocycles. The molecule has 6 nitrogen and oxygen atoms in total. The molecular weight excluding hydrogens is 268 g/mol. The van der Waals surface area contributed by atoms with Crippen LogP contribution in [0.15, 0.2) is 41.6 Å². The highest BCUT2D eigenvalue weighted by atomic mass is 16.5. The fourth-order valence-electron chi connectivity index (χ4n) is 2.48. The van der Waals surface area contributed by atoms with Crippen molar-refractivity contribution in [3.63, 3.8) is 0 Å². The van der Waals surface area contributed by atoms with Gasteiger partial charge in [0, 0.05) is 25.2 Å². The molecule has 0 aliphatic carbocycles. The second-order valence-electron chi connectivity index (χ2n) is 4.97. The predicted molar refractivity (Wildman–Crippen MR) is 76.3 cm³/mol. The van der Waals surface area contributed by atoms with Crippen LogP contribution < -0.4 is 0 Å². The van der Waals surface area contributed by atoms with Gasteiger partial charge in [0.15, 0.2) is 0 Å². The second kappa shape index (κ2) is 5.87. The summed E-state index contributed by atoms with van der Waals surface area (Å²) in [5, 5.41) is 3.99. The van der Waals surface area contributed by atoms with E-state index in [1.54, 1.807) is 11.1 Å². The van der Waals surface area contributed by atoms with Crippen molar-refractivity contribution in [1.82, 2.24) is 20.0 Å². The van der Waals surface area contributed by atoms with Gasteiger partial charge >= 0.3 is 0 Å². The molecule has 3 heterocycles. The van der Waals surface area contributed by atoms with Gasteiger partial charge in [-0.25, -0.2) is 0 Å². The van der Waals surface area contributed by atoms with E-state index in [0.717, 1.165) is 12.8 Å². The molecule has 0 unspecified atom stereocenters. The highest BCUT2D eigenvalue weighted by Crippen LogP contribution is 2.28. The van der Waals surface area contributed by atoms with Crippen molar-refractivity contribution in [1.29, 1.82) is 0 Å². The first-order valence-electron chi connectivity index (χ1n) is 6.94. The highest BCUT2D eigenvalue weighted by molar-refractivity contribution is 5.87. The van der Waals surface area contributed by atoms with Crippen LogP contribution in [0.3, 0.4) is 0 Å². The van der Waals surface area contributed by atoms with Crippen LogP contribution in [0.1, 0.15) is 24.7 Å². The smallest absolute Gasteiger partial charge is 0.245 e. The van der Waals surface area contributed by atoms with Crippen LogP contribution in [-0.4, -0.2) is 39.0 Å². The molecule has 108 valence electrons. The van der Waals surface area contributed by atoms with E-state index in [1.165, 1.54) is 6.08 Å². The van der Waals surface area contributed by atoms with E-state index < -0.39 is 0 Å². The Morgan fingerprint density at radius 1 is 1.38 bits per heavy atom. The van der Waals surface area contributed by atoms with E-state index in [2.05, 4.69) is 21.7 Å². The summed E-state index contributed by atoms with van der Waals surface area (Å²) in [5.74, 6) is 1.31. The molecular formula is C15H16N4O2. The average molecular weight is 284 g/mol. The van der Waals surface area contributed by atoms with Crippen molar-refractivity contribution in [3.05, 3.63) is 42.9 Å². The first-order valence-corrected chi connectivity index (χ1v) is 6.94. The third-order valence-corrected chi connectivity index (χ3v) is 3.67. The predicted octanol–water partition coefficient (Wildman–Crippen LogP) is 2.02. The molecule has 3 rings (SSSR count). The first-order chi connectivity index (χ1) is 10.3. The maximum Gasteiger partial charge on any atom is 0.245 e. The zero-order valence-corrected chi connectivity index (χ0v) is 11.6. The van der Waals surface area contributed by atoms with Gasteiger partial charge in [-0.1, -0.05) is 17.8 Å². The Bertz CT molecular complexity index is 630. The molecule has 0 saturated carbocycles. The summed E-state index contributed by atoms with van der Waals surface area (Å²) in [6.45, 7) is 4.89. The highest BCUT2D eigenvalue weighted by Gasteiger charge is 2.26. The maximum absolute atomic E-state index is 11.5. The van der Waals surface area contributed by atoms with E-state index in [9.17, 15) is 4.79 Å². The van der Waals surface area contributed by atoms with Crippen molar-refractivity contribution in [2.75, 3.05) is 13.1 Å². The fraction of sp³-hybridized carbons (Fsp3) is 0.333. The normalized spacial score (nSPS) is 15.9. The van der Waals surface area contributed by atoms with Gasteiger partial charge in [0.05, 0.1) is 0 Å². The van der Waals surface area contributed by atoms with Crippen LogP contribution in [0.25, 0.3) is 11.5 Å². The number of amides is 1. The Morgan fingerprint density at radius 2 is 2.19 bits per heavy atom. The molecule has 2 aromatic rings. The number of piperidine rings is 1. The number of aromatic nitrogens is 3. The molecule has 1 saturated heterocycles. The van der Waals surface area contributed by atoms with Gasteiger partial charge < -0.3 is 9.42 Å². The van der Waals surface area contributed by atoms with Crippen LogP contribution in [-0.2, 0) is 4.79 Å². The summed E-state index contributed by atoms with van der Waals surface area (Å²) >= 11 is 0. The zero-order chi connectivity index (χ0) is 14.7. The molecule has 1 aliphatic heterocycles. The third-order valence-electron chi connectivity index (χ3n) is 3.67. The standard InChI is InChI=1S/C15H16N4O2/c1-2-13(20)19-9-6-11(7-10-19)15-17-14(18-21-15)12-5-3-4-8-16-12/h2-5,8,11H,1,6-7,9-10H2. The van der Waals surface area contributed by atoms with Crippen LogP contribution >= 0.6 is 0 Å². The number of pyridine rings is 1. The minimum atomic E-state index is -0.0202. The summed E-state index contributed by atoms with van der Waals surface area (Å²) in [7, 11) is 0. The average Bonchev–Trinajstić information content (AvgIpc) is 3.05. The van der Waals surface area contributed by atoms with E-state index in [-0.39, 0.29) is 11.8 Å². The number of likely N-dealkylation sites (tertiary alicyclic amines) is 1. The number of rotatable bonds is 3. The van der Waals surface area contributed by atoms with Gasteiger partial charge in [0.25, 0.3) is 0 Å². The minimum Gasteiger partial charge on any atom is -0.339 e. The monoisotopic (exact) mass is 284 g/mol. The third kappa shape index (κ3) is 2.84. The Kier molecular flexibility index (Phi) is 3.77. The summed E-state index contributed by atoms with van der Waals surface area (Å²) in [4.78, 5) is 22.0. The van der Waals surface area contributed by atoms with Crippen LogP contribution in [0.4, 0.5) is 0 Å². The van der Waals surface area contributed by atoms with Gasteiger partial charge in [0.2, 0.25) is 17.6 Å². The molecule has 0 radical (unpaired) electrons. The van der Waals surface area contributed by atoms with E-state index in [0.29, 0.717) is 30.5 Å². The molecule has 0 spiro atoms. The van der Waals surface area contributed by atoms with Crippen molar-refractivity contribution in [3.8, 4) is 11.5 Å². The lowest BCUT2D eigenvalue weighted by atomic mass is 9.97. The van der Waals surface area contributed by atoms with E-state index in [1.807, 2.05) is 18.2 Å². The Hall–Kier alpha value is -2.50. The lowest BCUT2D eigenvalue weighted by molar-refractivity contribution is -0.127. The lowest BCUT2D eigenvalue weighted by Gasteiger charge is -2.29. The van der Waals surface area contributed by atoms with Gasteiger partial charge in [-0.15, -0.1) is 0 Å². The Labute approximate surface area is 122 Å². The van der Waals surface area contributed by atoms with Crippen molar-refractivity contribution >= 4 is 5.91 Å². The maximum atomic E-state index is 11.5. The summed E-state index contributed by atoms with van der Waals surface area (Å²) in [6, 6.07) is 5.58. The van der Waals surface area contributed by atoms with Gasteiger partial charge in [-0.3, -0.25) is 9.78 Å². The molecule has 0 N–H and O–H groups in total. The SMILES string of the molecule is C=CC(=O)N1CCC(c2nc(-c3ccccn3)no2)CC1. The quantitative estimate of drug-likeness (QED) is 0.806. The van der Waals surface area contributed by atoms with E-state index >= 15 is 0 Å². The summed E-state index contributed by atoms with van der Waals surface area (Å²) < 4.78 is 5.36. The molecule has 0 bridgehead atoms. The van der Waals surface area contributed by atoms with Crippen LogP contribution in [0.2, 0.25) is 0 Å². The Balaban J connectivity index is 1.68. The van der Waals surface area contributed by atoms with Gasteiger partial charge in [-0.05, 0) is 31.1 Å². The molecule has 0 aromatic carbocycles. The van der Waals surface area contributed by atoms with Crippen molar-refractivity contribution in [2.24, 2.45) is 0 Å². The first kappa shape index (κ1) is 13.5. The largest absolute Gasteiger partial charge is 0.339 e. The number of hydrogen-bond donors (Lipinski definition) is 0. The van der Waals surface area contributed by atoms with Crippen LogP contribution in [0.5, 0.6) is 0 Å². The van der Waals surface area contributed by atoms with Gasteiger partial charge in [0.1, 0.15) is 5.69 Å². The number of carbonyl (C=O) groups is 1. The van der Waals surface area contributed by atoms with E-state index in [4.69, 9.17) is 4.52 Å². The molecule has 1 amide bonds. The molecule has 0 atom stereocenters. The number of nitrogens with zero attached hydrogens (tertiary/aromatic N) is 4. The molecule has 6 heteroatoms. The summed E-state index contributed by atoms with van der Waals surface area (Å²) in [6.07, 6.45) is 4.70. The topological polar surface area (TPSA) is 72.1 Å². The Morgan fingerprint density at radius 3 is 2.86 bits per heavy atom. The number of carbonyl (C=O) groups excluding carboxylic acids is 1. The molecule has 21 heavy (non-hydrogen) atoms. The van der Waals surface area contributed by atoms with Crippen LogP contribution in [0, 0.1) is 0 Å². The van der Waals surface area contributed by atoms with Gasteiger partial charge in [-0.2, -0.15) is 4.98 Å². The number of hydrogen-bond acceptors (Lipinski definition) is 5. The fourth-order valence-corrected chi connectivity index (χ4v) is 2.48. The lowest BCUT2D eigenvalue weighted by Crippen LogP contribution is -2.36. The molecule has 1 aliphatic rings. The van der Waals surface area contributed by atoms with Crippen molar-refractivity contribution < 1.29 is 9.32 Å². The zero-order valence-electron chi connectivity index (χ0n) is 11.6. The summed E-state index contributed by atoms with van der Waals surface area (Å²) in [5.41, 5.74) is 0.701. The van der Waals surface area contributed by atoms with Crippen molar-refractivity contribution in [2.45, 2.75) is 18.8 Å². The molecule has 1 fully saturated rings. The second-order valence-corrected chi connectivity index (χ2v) is 4.97.